The van der Waals surface area contributed by atoms with Gasteiger partial charge in [-0.25, -0.2) is 0 Å². The van der Waals surface area contributed by atoms with E-state index in [-0.39, 0.29) is 24.0 Å². The van der Waals surface area contributed by atoms with Gasteiger partial charge in [0.15, 0.2) is 5.96 Å². The molecule has 0 aliphatic heterocycles. The molecule has 0 heterocycles. The average molecular weight is 438 g/mol. The summed E-state index contributed by atoms with van der Waals surface area (Å²) in [6.45, 7) is 1.72. The predicted molar refractivity (Wildman–Crippen MR) is 95.1 cm³/mol. The smallest absolute Gasteiger partial charge is 0.188 e. The van der Waals surface area contributed by atoms with Crippen molar-refractivity contribution < 1.29 is 0 Å². The van der Waals surface area contributed by atoms with Crippen molar-refractivity contribution in [1.82, 2.24) is 5.32 Å². The molecule has 2 rings (SSSR count). The largest absolute Gasteiger partial charge is 0.370 e. The Kier molecular flexibility index (Phi) is 7.75. The zero-order valence-corrected chi connectivity index (χ0v) is 14.9. The van der Waals surface area contributed by atoms with Crippen LogP contribution < -0.4 is 11.1 Å². The average Bonchev–Trinajstić information content (AvgIpc) is 2.30. The van der Waals surface area contributed by atoms with E-state index in [0.717, 1.165) is 29.9 Å². The van der Waals surface area contributed by atoms with Crippen LogP contribution in [0.15, 0.2) is 33.7 Å². The maximum atomic E-state index is 5.82. The lowest BCUT2D eigenvalue weighted by Crippen LogP contribution is -2.34. The maximum absolute atomic E-state index is 5.82. The summed E-state index contributed by atoms with van der Waals surface area (Å²) in [6.07, 6.45) is 4.95. The molecule has 0 radical (unpaired) electrons. The second-order valence-corrected chi connectivity index (χ2v) is 5.74. The van der Waals surface area contributed by atoms with Gasteiger partial charge < -0.3 is 11.1 Å². The van der Waals surface area contributed by atoms with Crippen LogP contribution in [0.2, 0.25) is 0 Å². The van der Waals surface area contributed by atoms with E-state index in [9.17, 15) is 0 Å². The minimum Gasteiger partial charge on any atom is -0.370 e. The minimum absolute atomic E-state index is 0. The first-order valence-corrected chi connectivity index (χ1v) is 7.31. The summed E-state index contributed by atoms with van der Waals surface area (Å²) in [4.78, 5) is 4.37. The van der Waals surface area contributed by atoms with Gasteiger partial charge in [-0.2, -0.15) is 0 Å². The number of benzene rings is 1. The summed E-state index contributed by atoms with van der Waals surface area (Å²) in [6, 6.07) is 8.35. The molecule has 1 aliphatic rings. The Balaban J connectivity index is 0.00000180. The Bertz CT molecular complexity index is 402. The molecule has 0 atom stereocenters. The quantitative estimate of drug-likeness (QED) is 0.421. The van der Waals surface area contributed by atoms with Crippen molar-refractivity contribution in [3.63, 3.8) is 0 Å². The molecule has 1 aromatic carbocycles. The van der Waals surface area contributed by atoms with E-state index in [1.807, 2.05) is 0 Å². The van der Waals surface area contributed by atoms with Gasteiger partial charge in [-0.05, 0) is 42.9 Å². The van der Waals surface area contributed by atoms with E-state index in [2.05, 4.69) is 50.5 Å². The molecule has 1 fully saturated rings. The molecule has 3 nitrogen and oxygen atoms in total. The standard InChI is InChI=1S/C14H20BrN3.HI/c15-13-6-4-11(5-7-13)8-9-17-14(16)18-10-12-2-1-3-12;/h4-7,12H,1-3,8-10H2,(H3,16,17,18);1H. The van der Waals surface area contributed by atoms with Crippen LogP contribution in [0.4, 0.5) is 0 Å². The minimum atomic E-state index is 0. The second-order valence-electron chi connectivity index (χ2n) is 4.83. The Labute approximate surface area is 140 Å². The molecule has 0 spiro atoms. The number of halogens is 2. The summed E-state index contributed by atoms with van der Waals surface area (Å²) >= 11 is 3.43. The second kappa shape index (κ2) is 8.79. The van der Waals surface area contributed by atoms with Gasteiger partial charge in [0.05, 0.1) is 0 Å². The van der Waals surface area contributed by atoms with Crippen LogP contribution in [0.5, 0.6) is 0 Å². The van der Waals surface area contributed by atoms with Gasteiger partial charge in [0, 0.05) is 17.6 Å². The van der Waals surface area contributed by atoms with Crippen molar-refractivity contribution in [3.05, 3.63) is 34.3 Å². The summed E-state index contributed by atoms with van der Waals surface area (Å²) in [5.74, 6) is 1.36. The molecular weight excluding hydrogens is 417 g/mol. The fraction of sp³-hybridized carbons (Fsp3) is 0.500. The molecule has 5 heteroatoms. The van der Waals surface area contributed by atoms with Crippen molar-refractivity contribution in [2.24, 2.45) is 16.6 Å². The van der Waals surface area contributed by atoms with Crippen LogP contribution in [-0.4, -0.2) is 19.0 Å². The molecule has 1 aliphatic carbocycles. The monoisotopic (exact) mass is 437 g/mol. The molecule has 19 heavy (non-hydrogen) atoms. The Morgan fingerprint density at radius 2 is 2.00 bits per heavy atom. The van der Waals surface area contributed by atoms with Crippen LogP contribution >= 0.6 is 39.9 Å². The van der Waals surface area contributed by atoms with E-state index in [1.165, 1.54) is 24.8 Å². The number of nitrogens with two attached hydrogens (primary N) is 1. The Morgan fingerprint density at radius 1 is 1.32 bits per heavy atom. The summed E-state index contributed by atoms with van der Waals surface area (Å²) in [5.41, 5.74) is 7.12. The highest BCUT2D eigenvalue weighted by atomic mass is 127. The molecular formula is C14H21BrIN3. The molecule has 0 amide bonds. The first kappa shape index (κ1) is 16.8. The molecule has 3 N–H and O–H groups in total. The summed E-state index contributed by atoms with van der Waals surface area (Å²) < 4.78 is 1.11. The maximum Gasteiger partial charge on any atom is 0.188 e. The van der Waals surface area contributed by atoms with E-state index in [1.54, 1.807) is 0 Å². The number of nitrogens with one attached hydrogen (secondary N) is 1. The number of aliphatic imine (C=N–C) groups is 1. The van der Waals surface area contributed by atoms with Crippen LogP contribution in [0.1, 0.15) is 24.8 Å². The third-order valence-electron chi connectivity index (χ3n) is 3.38. The van der Waals surface area contributed by atoms with E-state index < -0.39 is 0 Å². The van der Waals surface area contributed by atoms with E-state index in [0.29, 0.717) is 5.96 Å². The van der Waals surface area contributed by atoms with Gasteiger partial charge in [-0.3, -0.25) is 4.99 Å². The third kappa shape index (κ3) is 6.12. The number of guanidine groups is 1. The summed E-state index contributed by atoms with van der Waals surface area (Å²) in [7, 11) is 0. The van der Waals surface area contributed by atoms with Crippen molar-refractivity contribution >= 4 is 45.9 Å². The van der Waals surface area contributed by atoms with E-state index >= 15 is 0 Å². The number of nitrogens with zero attached hydrogens (tertiary/aromatic N) is 1. The van der Waals surface area contributed by atoms with E-state index in [4.69, 9.17) is 5.73 Å². The van der Waals surface area contributed by atoms with Gasteiger partial charge in [-0.15, -0.1) is 24.0 Å². The van der Waals surface area contributed by atoms with Crippen molar-refractivity contribution in [1.29, 1.82) is 0 Å². The van der Waals surface area contributed by atoms with Crippen LogP contribution in [-0.2, 0) is 6.42 Å². The highest BCUT2D eigenvalue weighted by molar-refractivity contribution is 14.0. The van der Waals surface area contributed by atoms with Gasteiger partial charge in [0.1, 0.15) is 0 Å². The molecule has 0 saturated heterocycles. The Morgan fingerprint density at radius 3 is 2.58 bits per heavy atom. The lowest BCUT2D eigenvalue weighted by Gasteiger charge is -2.23. The molecule has 0 bridgehead atoms. The van der Waals surface area contributed by atoms with Crippen molar-refractivity contribution in [2.45, 2.75) is 25.7 Å². The van der Waals surface area contributed by atoms with Crippen molar-refractivity contribution in [3.8, 4) is 0 Å². The number of hydrogen-bond donors (Lipinski definition) is 2. The molecule has 106 valence electrons. The van der Waals surface area contributed by atoms with Gasteiger partial charge >= 0.3 is 0 Å². The van der Waals surface area contributed by atoms with Gasteiger partial charge in [-0.1, -0.05) is 34.5 Å². The van der Waals surface area contributed by atoms with Crippen LogP contribution in [0, 0.1) is 5.92 Å². The Hall–Kier alpha value is -0.300. The lowest BCUT2D eigenvalue weighted by molar-refractivity contribution is 0.326. The van der Waals surface area contributed by atoms with Crippen molar-refractivity contribution in [2.75, 3.05) is 13.1 Å². The van der Waals surface area contributed by atoms with Crippen LogP contribution in [0.3, 0.4) is 0 Å². The first-order valence-electron chi connectivity index (χ1n) is 6.52. The number of rotatable bonds is 5. The van der Waals surface area contributed by atoms with Gasteiger partial charge in [0.2, 0.25) is 0 Å². The zero-order chi connectivity index (χ0) is 12.8. The normalized spacial score (nSPS) is 15.5. The SMILES string of the molecule is I.NC(=NCC1CCC1)NCCc1ccc(Br)cc1. The lowest BCUT2D eigenvalue weighted by atomic mass is 9.86. The predicted octanol–water partition coefficient (Wildman–Crippen LogP) is 3.31. The molecule has 1 saturated carbocycles. The fourth-order valence-corrected chi connectivity index (χ4v) is 2.21. The highest BCUT2D eigenvalue weighted by Crippen LogP contribution is 2.26. The molecule has 0 aromatic heterocycles. The number of hydrogen-bond acceptors (Lipinski definition) is 1. The molecule has 0 unspecified atom stereocenters. The zero-order valence-electron chi connectivity index (χ0n) is 10.9. The fourth-order valence-electron chi connectivity index (χ4n) is 1.94. The third-order valence-corrected chi connectivity index (χ3v) is 3.91. The topological polar surface area (TPSA) is 50.4 Å². The first-order chi connectivity index (χ1) is 8.74. The van der Waals surface area contributed by atoms with Crippen LogP contribution in [0.25, 0.3) is 0 Å². The summed E-state index contributed by atoms with van der Waals surface area (Å²) in [5, 5.41) is 3.17. The van der Waals surface area contributed by atoms with Gasteiger partial charge in [0.25, 0.3) is 0 Å². The molecule has 1 aromatic rings. The highest BCUT2D eigenvalue weighted by Gasteiger charge is 2.16.